The summed E-state index contributed by atoms with van der Waals surface area (Å²) in [6, 6.07) is 10.1. The number of carbonyl (C=O) groups is 2. The highest BCUT2D eigenvalue weighted by molar-refractivity contribution is 6.30. The van der Waals surface area contributed by atoms with Crippen molar-refractivity contribution in [2.45, 2.75) is 13.0 Å². The minimum absolute atomic E-state index is 0.105. The molecule has 0 saturated carbocycles. The zero-order chi connectivity index (χ0) is 20.7. The molecule has 0 aliphatic rings. The summed E-state index contributed by atoms with van der Waals surface area (Å²) in [7, 11) is 1.31. The molecule has 0 radical (unpaired) electrons. The monoisotopic (exact) mass is 408 g/mol. The fourth-order valence-electron chi connectivity index (χ4n) is 2.10. The van der Waals surface area contributed by atoms with E-state index in [1.165, 1.54) is 32.2 Å². The number of nitro groups is 1. The van der Waals surface area contributed by atoms with Gasteiger partial charge < -0.3 is 19.5 Å². The predicted octanol–water partition coefficient (Wildman–Crippen LogP) is 3.21. The van der Waals surface area contributed by atoms with Crippen molar-refractivity contribution in [2.75, 3.05) is 19.0 Å². The first-order valence-corrected chi connectivity index (χ1v) is 8.39. The van der Waals surface area contributed by atoms with Gasteiger partial charge in [0.25, 0.3) is 11.6 Å². The number of anilines is 1. The summed E-state index contributed by atoms with van der Waals surface area (Å²) in [6.45, 7) is 0.918. The third-order valence-electron chi connectivity index (χ3n) is 3.47. The Hall–Kier alpha value is -3.33. The van der Waals surface area contributed by atoms with Crippen LogP contribution >= 0.6 is 11.6 Å². The van der Waals surface area contributed by atoms with Crippen LogP contribution in [-0.4, -0.2) is 36.6 Å². The molecule has 1 N–H and O–H groups in total. The number of non-ortho nitro benzene ring substituents is 1. The molecule has 28 heavy (non-hydrogen) atoms. The molecule has 2 rings (SSSR count). The number of rotatable bonds is 8. The van der Waals surface area contributed by atoms with E-state index in [-0.39, 0.29) is 17.1 Å². The molecule has 1 amide bonds. The van der Waals surface area contributed by atoms with Gasteiger partial charge in [-0.05, 0) is 37.3 Å². The molecule has 10 heteroatoms. The molecule has 2 aromatic rings. The number of methoxy groups -OCH3 is 1. The van der Waals surface area contributed by atoms with E-state index in [0.717, 1.165) is 0 Å². The molecule has 0 saturated heterocycles. The number of nitrogens with zero attached hydrogens (tertiary/aromatic N) is 1. The quantitative estimate of drug-likeness (QED) is 0.405. The molecule has 0 aliphatic heterocycles. The van der Waals surface area contributed by atoms with Crippen molar-refractivity contribution in [2.24, 2.45) is 0 Å². The minimum atomic E-state index is -0.942. The lowest BCUT2D eigenvalue weighted by molar-refractivity contribution is -0.384. The second-order valence-corrected chi connectivity index (χ2v) is 5.95. The first kappa shape index (κ1) is 21.0. The molecule has 0 aromatic heterocycles. The van der Waals surface area contributed by atoms with Gasteiger partial charge in [0.05, 0.1) is 23.8 Å². The number of halogens is 1. The van der Waals surface area contributed by atoms with Crippen molar-refractivity contribution < 1.29 is 28.7 Å². The van der Waals surface area contributed by atoms with Crippen LogP contribution in [0.4, 0.5) is 11.4 Å². The van der Waals surface area contributed by atoms with Crippen molar-refractivity contribution in [3.05, 3.63) is 57.6 Å². The number of esters is 1. The third kappa shape index (κ3) is 5.85. The molecule has 1 atom stereocenters. The maximum absolute atomic E-state index is 12.0. The Balaban J connectivity index is 1.88. The highest BCUT2D eigenvalue weighted by atomic mass is 35.5. The van der Waals surface area contributed by atoms with Crippen LogP contribution in [0.25, 0.3) is 0 Å². The van der Waals surface area contributed by atoms with Crippen LogP contribution in [0.3, 0.4) is 0 Å². The summed E-state index contributed by atoms with van der Waals surface area (Å²) in [4.78, 5) is 34.1. The molecular formula is C18H17ClN2O7. The van der Waals surface area contributed by atoms with Gasteiger partial charge >= 0.3 is 5.97 Å². The number of ether oxygens (including phenoxy) is 3. The van der Waals surface area contributed by atoms with Gasteiger partial charge in [-0.25, -0.2) is 4.79 Å². The van der Waals surface area contributed by atoms with E-state index in [4.69, 9.17) is 25.8 Å². The minimum Gasteiger partial charge on any atom is -0.494 e. The van der Waals surface area contributed by atoms with E-state index < -0.39 is 29.5 Å². The summed E-state index contributed by atoms with van der Waals surface area (Å²) >= 11 is 5.77. The lowest BCUT2D eigenvalue weighted by Gasteiger charge is -2.14. The van der Waals surface area contributed by atoms with Crippen molar-refractivity contribution in [3.63, 3.8) is 0 Å². The maximum Gasteiger partial charge on any atom is 0.347 e. The van der Waals surface area contributed by atoms with Gasteiger partial charge in [0.2, 0.25) is 0 Å². The highest BCUT2D eigenvalue weighted by Crippen LogP contribution is 2.28. The predicted molar refractivity (Wildman–Crippen MR) is 101 cm³/mol. The Morgan fingerprint density at radius 1 is 1.21 bits per heavy atom. The standard InChI is InChI=1S/C18H17ClN2O7/c1-11(28-14-6-3-12(19)4-7-14)18(23)27-10-17(22)20-15-8-5-13(21(24)25)9-16(15)26-2/h3-9,11H,10H2,1-2H3,(H,20,22)/t11-/m0/s1. The number of carbonyl (C=O) groups excluding carboxylic acids is 2. The SMILES string of the molecule is COc1cc([N+](=O)[O-])ccc1NC(=O)COC(=O)[C@H](C)Oc1ccc(Cl)cc1. The Bertz CT molecular complexity index is 871. The molecule has 0 bridgehead atoms. The number of benzene rings is 2. The molecule has 0 fully saturated rings. The summed E-state index contributed by atoms with van der Waals surface area (Å²) < 4.78 is 15.3. The van der Waals surface area contributed by atoms with E-state index in [9.17, 15) is 19.7 Å². The van der Waals surface area contributed by atoms with Crippen LogP contribution in [0.15, 0.2) is 42.5 Å². The number of hydrogen-bond acceptors (Lipinski definition) is 7. The first-order chi connectivity index (χ1) is 13.3. The Morgan fingerprint density at radius 3 is 2.50 bits per heavy atom. The number of nitrogens with one attached hydrogen (secondary N) is 1. The van der Waals surface area contributed by atoms with Gasteiger partial charge in [-0.1, -0.05) is 11.6 Å². The first-order valence-electron chi connectivity index (χ1n) is 8.01. The largest absolute Gasteiger partial charge is 0.494 e. The van der Waals surface area contributed by atoms with Crippen molar-refractivity contribution in [3.8, 4) is 11.5 Å². The van der Waals surface area contributed by atoms with Crippen LogP contribution in [0.1, 0.15) is 6.92 Å². The zero-order valence-corrected chi connectivity index (χ0v) is 15.8. The van der Waals surface area contributed by atoms with Gasteiger partial charge in [0.1, 0.15) is 11.5 Å². The zero-order valence-electron chi connectivity index (χ0n) is 15.0. The molecular weight excluding hydrogens is 392 g/mol. The second kappa shape index (κ2) is 9.56. The van der Waals surface area contributed by atoms with Gasteiger partial charge in [-0.2, -0.15) is 0 Å². The Labute approximate surface area is 165 Å². The number of amides is 1. The Morgan fingerprint density at radius 2 is 1.89 bits per heavy atom. The Kier molecular flexibility index (Phi) is 7.16. The average molecular weight is 409 g/mol. The van der Waals surface area contributed by atoms with Crippen LogP contribution in [-0.2, 0) is 14.3 Å². The molecule has 0 heterocycles. The van der Waals surface area contributed by atoms with Gasteiger partial charge in [0.15, 0.2) is 12.7 Å². The van der Waals surface area contributed by atoms with E-state index in [1.807, 2.05) is 0 Å². The van der Waals surface area contributed by atoms with E-state index in [2.05, 4.69) is 5.32 Å². The normalized spacial score (nSPS) is 11.2. The fraction of sp³-hybridized carbons (Fsp3) is 0.222. The van der Waals surface area contributed by atoms with Crippen molar-refractivity contribution in [1.29, 1.82) is 0 Å². The summed E-state index contributed by atoms with van der Waals surface area (Å²) in [5, 5.41) is 13.8. The van der Waals surface area contributed by atoms with E-state index >= 15 is 0 Å². The summed E-state index contributed by atoms with van der Waals surface area (Å²) in [5.74, 6) is -0.845. The molecule has 148 valence electrons. The smallest absolute Gasteiger partial charge is 0.347 e. The summed E-state index contributed by atoms with van der Waals surface area (Å²) in [6.07, 6.45) is -0.942. The lowest BCUT2D eigenvalue weighted by atomic mass is 10.2. The average Bonchev–Trinajstić information content (AvgIpc) is 2.67. The molecule has 0 aliphatic carbocycles. The van der Waals surface area contributed by atoms with Gasteiger partial charge in [-0.3, -0.25) is 14.9 Å². The van der Waals surface area contributed by atoms with Crippen LogP contribution in [0, 0.1) is 10.1 Å². The number of hydrogen-bond donors (Lipinski definition) is 1. The third-order valence-corrected chi connectivity index (χ3v) is 3.73. The second-order valence-electron chi connectivity index (χ2n) is 5.51. The topological polar surface area (TPSA) is 117 Å². The van der Waals surface area contributed by atoms with E-state index in [0.29, 0.717) is 10.8 Å². The fourth-order valence-corrected chi connectivity index (χ4v) is 2.23. The van der Waals surface area contributed by atoms with E-state index in [1.54, 1.807) is 24.3 Å². The summed E-state index contributed by atoms with van der Waals surface area (Å²) in [5.41, 5.74) is 0.0223. The van der Waals surface area contributed by atoms with Crippen LogP contribution in [0.5, 0.6) is 11.5 Å². The lowest BCUT2D eigenvalue weighted by Crippen LogP contribution is -2.29. The number of nitro benzene ring substituents is 1. The highest BCUT2D eigenvalue weighted by Gasteiger charge is 2.19. The van der Waals surface area contributed by atoms with Crippen molar-refractivity contribution in [1.82, 2.24) is 0 Å². The van der Waals surface area contributed by atoms with Gasteiger partial charge in [-0.15, -0.1) is 0 Å². The van der Waals surface area contributed by atoms with Gasteiger partial charge in [0, 0.05) is 11.1 Å². The molecule has 9 nitrogen and oxygen atoms in total. The van der Waals surface area contributed by atoms with Crippen molar-refractivity contribution >= 4 is 34.9 Å². The van der Waals surface area contributed by atoms with Crippen LogP contribution in [0.2, 0.25) is 5.02 Å². The molecule has 2 aromatic carbocycles. The maximum atomic E-state index is 12.0. The molecule has 0 unspecified atom stereocenters. The van der Waals surface area contributed by atoms with Crippen LogP contribution < -0.4 is 14.8 Å². The molecule has 0 spiro atoms.